The SMILES string of the molecule is COc1ccc(S(=O)(=O)N(CC(=O)N(Cc2c(Cl)cccc2Cl)[C@@H](Cc2ccccc2)C(=O)NC2CCCCC2)c2cc(Cl)ccc2OC)cc1OC. The molecule has 10 nitrogen and oxygen atoms in total. The molecule has 53 heavy (non-hydrogen) atoms. The van der Waals surface area contributed by atoms with E-state index in [1.807, 2.05) is 30.3 Å². The van der Waals surface area contributed by atoms with Gasteiger partial charge in [-0.2, -0.15) is 0 Å². The molecule has 1 aliphatic rings. The smallest absolute Gasteiger partial charge is 0.265 e. The minimum absolute atomic E-state index is 0.00475. The monoisotopic (exact) mass is 801 g/mol. The van der Waals surface area contributed by atoms with Crippen LogP contribution in [0.15, 0.2) is 89.8 Å². The van der Waals surface area contributed by atoms with Crippen LogP contribution in [-0.4, -0.2) is 65.1 Å². The molecular weight excluding hydrogens is 761 g/mol. The van der Waals surface area contributed by atoms with Crippen molar-refractivity contribution >= 4 is 62.3 Å². The average Bonchev–Trinajstić information content (AvgIpc) is 3.16. The number of rotatable bonds is 15. The number of nitrogens with one attached hydrogen (secondary N) is 1. The van der Waals surface area contributed by atoms with E-state index in [1.165, 1.54) is 56.6 Å². The van der Waals surface area contributed by atoms with Crippen LogP contribution in [0.1, 0.15) is 43.2 Å². The molecule has 0 spiro atoms. The molecule has 0 aromatic heterocycles. The highest BCUT2D eigenvalue weighted by atomic mass is 35.5. The third kappa shape index (κ3) is 9.69. The molecule has 4 aromatic rings. The van der Waals surface area contributed by atoms with Crippen LogP contribution in [0, 0.1) is 0 Å². The van der Waals surface area contributed by atoms with Gasteiger partial charge in [-0.3, -0.25) is 13.9 Å². The lowest BCUT2D eigenvalue weighted by molar-refractivity contribution is -0.140. The molecule has 1 atom stereocenters. The van der Waals surface area contributed by atoms with Gasteiger partial charge in [0.1, 0.15) is 18.3 Å². The van der Waals surface area contributed by atoms with E-state index in [1.54, 1.807) is 24.3 Å². The predicted octanol–water partition coefficient (Wildman–Crippen LogP) is 7.96. The second-order valence-corrected chi connectivity index (χ2v) is 15.7. The molecule has 0 radical (unpaired) electrons. The number of benzene rings is 4. The van der Waals surface area contributed by atoms with Gasteiger partial charge in [0.2, 0.25) is 11.8 Å². The van der Waals surface area contributed by atoms with E-state index in [9.17, 15) is 13.2 Å². The molecule has 1 saturated carbocycles. The van der Waals surface area contributed by atoms with Crippen LogP contribution in [0.25, 0.3) is 0 Å². The summed E-state index contributed by atoms with van der Waals surface area (Å²) in [7, 11) is -0.344. The summed E-state index contributed by atoms with van der Waals surface area (Å²) in [5.74, 6) is -0.457. The second-order valence-electron chi connectivity index (χ2n) is 12.6. The number of sulfonamides is 1. The zero-order valence-electron chi connectivity index (χ0n) is 29.7. The number of hydrogen-bond donors (Lipinski definition) is 1. The van der Waals surface area contributed by atoms with Gasteiger partial charge >= 0.3 is 0 Å². The van der Waals surface area contributed by atoms with Crippen LogP contribution in [-0.2, 0) is 32.6 Å². The van der Waals surface area contributed by atoms with E-state index in [0.29, 0.717) is 11.3 Å². The quantitative estimate of drug-likeness (QED) is 0.130. The molecule has 1 fully saturated rings. The number of amides is 2. The van der Waals surface area contributed by atoms with Crippen molar-refractivity contribution in [1.82, 2.24) is 10.2 Å². The van der Waals surface area contributed by atoms with Gasteiger partial charge in [0.25, 0.3) is 10.0 Å². The number of carbonyl (C=O) groups is 2. The molecule has 0 bridgehead atoms. The summed E-state index contributed by atoms with van der Waals surface area (Å²) in [4.78, 5) is 30.6. The van der Waals surface area contributed by atoms with Gasteiger partial charge in [-0.15, -0.1) is 0 Å². The maximum absolute atomic E-state index is 15.0. The first-order valence-corrected chi connectivity index (χ1v) is 19.7. The van der Waals surface area contributed by atoms with Crippen LogP contribution >= 0.6 is 34.8 Å². The van der Waals surface area contributed by atoms with Crippen molar-refractivity contribution in [1.29, 1.82) is 0 Å². The molecule has 2 amide bonds. The minimum Gasteiger partial charge on any atom is -0.495 e. The number of halogens is 3. The average molecular weight is 803 g/mol. The standard InChI is InChI=1S/C39H42Cl3N3O7S/c1-50-35-19-17-27(40)22-33(35)45(53(48,49)29-18-20-36(51-2)37(23-29)52-3)25-38(46)44(24-30-31(41)15-10-16-32(30)42)34(21-26-11-6-4-7-12-26)39(47)43-28-13-8-5-9-14-28/h4,6-7,10-12,15-20,22-23,28,34H,5,8-9,13-14,21,24-25H2,1-3H3,(H,43,47)/t34-/m0/s1. The van der Waals surface area contributed by atoms with Gasteiger partial charge in [0.05, 0.1) is 31.9 Å². The number of ether oxygens (including phenoxy) is 3. The second kappa shape index (κ2) is 18.2. The summed E-state index contributed by atoms with van der Waals surface area (Å²) < 4.78 is 46.6. The first-order chi connectivity index (χ1) is 25.5. The largest absolute Gasteiger partial charge is 0.495 e. The van der Waals surface area contributed by atoms with Crippen LogP contribution in [0.2, 0.25) is 15.1 Å². The van der Waals surface area contributed by atoms with Gasteiger partial charge in [-0.05, 0) is 60.9 Å². The minimum atomic E-state index is -4.55. The lowest BCUT2D eigenvalue weighted by Gasteiger charge is -2.35. The van der Waals surface area contributed by atoms with Crippen LogP contribution in [0.3, 0.4) is 0 Å². The Morgan fingerprint density at radius 1 is 0.792 bits per heavy atom. The zero-order valence-corrected chi connectivity index (χ0v) is 32.8. The van der Waals surface area contributed by atoms with Gasteiger partial charge in [-0.25, -0.2) is 8.42 Å². The van der Waals surface area contributed by atoms with Crippen LogP contribution in [0.4, 0.5) is 5.69 Å². The van der Waals surface area contributed by atoms with Crippen molar-refractivity contribution in [2.24, 2.45) is 0 Å². The highest BCUT2D eigenvalue weighted by Crippen LogP contribution is 2.38. The fourth-order valence-electron chi connectivity index (χ4n) is 6.43. The molecular formula is C39H42Cl3N3O7S. The number of methoxy groups -OCH3 is 3. The number of carbonyl (C=O) groups excluding carboxylic acids is 2. The van der Waals surface area contributed by atoms with Crippen LogP contribution in [0.5, 0.6) is 17.2 Å². The Kier molecular flexibility index (Phi) is 13.8. The van der Waals surface area contributed by atoms with Gasteiger partial charge < -0.3 is 24.4 Å². The maximum Gasteiger partial charge on any atom is 0.265 e. The fourth-order valence-corrected chi connectivity index (χ4v) is 8.54. The van der Waals surface area contributed by atoms with Crippen LogP contribution < -0.4 is 23.8 Å². The number of hydrogen-bond acceptors (Lipinski definition) is 7. The number of anilines is 1. The van der Waals surface area contributed by atoms with Gasteiger partial charge in [-0.1, -0.05) is 90.5 Å². The first-order valence-electron chi connectivity index (χ1n) is 17.1. The van der Waals surface area contributed by atoms with E-state index in [-0.39, 0.29) is 62.1 Å². The molecule has 1 N–H and O–H groups in total. The Morgan fingerprint density at radius 2 is 1.43 bits per heavy atom. The summed E-state index contributed by atoms with van der Waals surface area (Å²) in [5.41, 5.74) is 1.21. The topological polar surface area (TPSA) is 114 Å². The molecule has 4 aromatic carbocycles. The fraction of sp³-hybridized carbons (Fsp3) is 0.333. The van der Waals surface area contributed by atoms with Crippen molar-refractivity contribution in [3.05, 3.63) is 111 Å². The summed E-state index contributed by atoms with van der Waals surface area (Å²) in [6.07, 6.45) is 4.83. The lowest BCUT2D eigenvalue weighted by Crippen LogP contribution is -2.55. The van der Waals surface area contributed by atoms with Gasteiger partial charge in [0, 0.05) is 45.7 Å². The Labute approximate surface area is 325 Å². The van der Waals surface area contributed by atoms with E-state index in [0.717, 1.165) is 42.0 Å². The Balaban J connectivity index is 1.65. The summed E-state index contributed by atoms with van der Waals surface area (Å²) in [5, 5.41) is 3.96. The Morgan fingerprint density at radius 3 is 2.08 bits per heavy atom. The summed E-state index contributed by atoms with van der Waals surface area (Å²) >= 11 is 19.7. The van der Waals surface area contributed by atoms with E-state index < -0.39 is 28.5 Å². The normalized spacial score (nSPS) is 13.8. The third-order valence-corrected chi connectivity index (χ3v) is 11.9. The molecule has 14 heteroatoms. The molecule has 0 saturated heterocycles. The molecule has 5 rings (SSSR count). The van der Waals surface area contributed by atoms with Gasteiger partial charge in [0.15, 0.2) is 11.5 Å². The van der Waals surface area contributed by atoms with Crippen molar-refractivity contribution in [2.75, 3.05) is 32.2 Å². The lowest BCUT2D eigenvalue weighted by atomic mass is 9.94. The Hall–Kier alpha value is -4.16. The van der Waals surface area contributed by atoms with Crippen molar-refractivity contribution in [3.63, 3.8) is 0 Å². The van der Waals surface area contributed by atoms with Crippen molar-refractivity contribution in [3.8, 4) is 17.2 Å². The molecule has 0 heterocycles. The van der Waals surface area contributed by atoms with Crippen molar-refractivity contribution in [2.45, 2.75) is 62.0 Å². The number of nitrogens with zero attached hydrogens (tertiary/aromatic N) is 2. The van der Waals surface area contributed by atoms with E-state index >= 15 is 4.79 Å². The predicted molar refractivity (Wildman–Crippen MR) is 208 cm³/mol. The molecule has 0 aliphatic heterocycles. The molecule has 1 aliphatic carbocycles. The molecule has 282 valence electrons. The molecule has 0 unspecified atom stereocenters. The highest BCUT2D eigenvalue weighted by Gasteiger charge is 2.37. The van der Waals surface area contributed by atoms with Crippen molar-refractivity contribution < 1.29 is 32.2 Å². The highest BCUT2D eigenvalue weighted by molar-refractivity contribution is 7.92. The Bertz CT molecular complexity index is 1990. The third-order valence-electron chi connectivity index (χ3n) is 9.24. The zero-order chi connectivity index (χ0) is 38.1. The maximum atomic E-state index is 15.0. The summed E-state index contributed by atoms with van der Waals surface area (Å²) in [6.45, 7) is -0.943. The first kappa shape index (κ1) is 40.0. The summed E-state index contributed by atoms with van der Waals surface area (Å²) in [6, 6.07) is 21.7. The van der Waals surface area contributed by atoms with E-state index in [2.05, 4.69) is 5.32 Å². The van der Waals surface area contributed by atoms with E-state index in [4.69, 9.17) is 49.0 Å².